The number of nitrogens with one attached hydrogen (secondary N) is 1. The van der Waals surface area contributed by atoms with Gasteiger partial charge in [-0.15, -0.1) is 0 Å². The molecule has 3 aromatic carbocycles. The van der Waals surface area contributed by atoms with Gasteiger partial charge in [0, 0.05) is 23.1 Å². The summed E-state index contributed by atoms with van der Waals surface area (Å²) in [5, 5.41) is 3.64. The van der Waals surface area contributed by atoms with Gasteiger partial charge in [0.05, 0.1) is 25.7 Å². The van der Waals surface area contributed by atoms with Gasteiger partial charge in [-0.2, -0.15) is 0 Å². The fraction of sp³-hybridized carbons (Fsp3) is 0.120. The minimum absolute atomic E-state index is 0.0866. The van der Waals surface area contributed by atoms with Crippen LogP contribution in [0.5, 0.6) is 11.5 Å². The standard InChI is InChI=1S/C25H23N3O3S/c1-30-21-12-8-18(9-13-21)23-16-28(20-10-14-22(31-2)15-11-20)25(27-23)32-17-24(29)26-19-6-4-3-5-7-19/h3-16H,17H2,1-2H3,(H,26,29). The topological polar surface area (TPSA) is 65.4 Å². The van der Waals surface area contributed by atoms with Crippen LogP contribution in [0.1, 0.15) is 0 Å². The number of para-hydroxylation sites is 1. The number of methoxy groups -OCH3 is 2. The Morgan fingerprint density at radius 1 is 0.906 bits per heavy atom. The van der Waals surface area contributed by atoms with Crippen molar-refractivity contribution >= 4 is 23.4 Å². The molecular weight excluding hydrogens is 422 g/mol. The van der Waals surface area contributed by atoms with Crippen LogP contribution in [0, 0.1) is 0 Å². The van der Waals surface area contributed by atoms with E-state index in [4.69, 9.17) is 14.5 Å². The second-order valence-corrected chi connectivity index (χ2v) is 7.85. The van der Waals surface area contributed by atoms with Crippen molar-refractivity contribution in [1.82, 2.24) is 9.55 Å². The molecule has 6 nitrogen and oxygen atoms in total. The minimum Gasteiger partial charge on any atom is -0.497 e. The van der Waals surface area contributed by atoms with Gasteiger partial charge in [-0.3, -0.25) is 9.36 Å². The molecule has 4 aromatic rings. The average Bonchev–Trinajstić information content (AvgIpc) is 3.28. The molecule has 0 spiro atoms. The van der Waals surface area contributed by atoms with Crippen LogP contribution >= 0.6 is 11.8 Å². The lowest BCUT2D eigenvalue weighted by Gasteiger charge is -2.08. The highest BCUT2D eigenvalue weighted by Crippen LogP contribution is 2.29. The van der Waals surface area contributed by atoms with Crippen molar-refractivity contribution in [1.29, 1.82) is 0 Å². The molecule has 32 heavy (non-hydrogen) atoms. The van der Waals surface area contributed by atoms with Crippen LogP contribution in [0.25, 0.3) is 16.9 Å². The third-order valence-electron chi connectivity index (χ3n) is 4.80. The van der Waals surface area contributed by atoms with Crippen LogP contribution < -0.4 is 14.8 Å². The Kier molecular flexibility index (Phi) is 6.77. The van der Waals surface area contributed by atoms with Crippen LogP contribution in [0.4, 0.5) is 5.69 Å². The first-order chi connectivity index (χ1) is 15.7. The summed E-state index contributed by atoms with van der Waals surface area (Å²) < 4.78 is 12.5. The first kappa shape index (κ1) is 21.5. The summed E-state index contributed by atoms with van der Waals surface area (Å²) >= 11 is 1.39. The van der Waals surface area contributed by atoms with Crippen LogP contribution in [0.3, 0.4) is 0 Å². The van der Waals surface area contributed by atoms with E-state index in [1.165, 1.54) is 11.8 Å². The summed E-state index contributed by atoms with van der Waals surface area (Å²) in [5.74, 6) is 1.72. The molecule has 0 fully saturated rings. The highest BCUT2D eigenvalue weighted by Gasteiger charge is 2.14. The number of nitrogens with zero attached hydrogens (tertiary/aromatic N) is 2. The number of hydrogen-bond acceptors (Lipinski definition) is 5. The zero-order valence-corrected chi connectivity index (χ0v) is 18.6. The minimum atomic E-state index is -0.0866. The highest BCUT2D eigenvalue weighted by molar-refractivity contribution is 7.99. The van der Waals surface area contributed by atoms with Gasteiger partial charge >= 0.3 is 0 Å². The lowest BCUT2D eigenvalue weighted by atomic mass is 10.1. The lowest BCUT2D eigenvalue weighted by Crippen LogP contribution is -2.14. The molecule has 7 heteroatoms. The number of benzene rings is 3. The van der Waals surface area contributed by atoms with Crippen LogP contribution in [0.2, 0.25) is 0 Å². The van der Waals surface area contributed by atoms with E-state index in [-0.39, 0.29) is 11.7 Å². The third-order valence-corrected chi connectivity index (χ3v) is 5.75. The molecule has 1 N–H and O–H groups in total. The van der Waals surface area contributed by atoms with Gasteiger partial charge in [0.15, 0.2) is 5.16 Å². The molecule has 0 atom stereocenters. The van der Waals surface area contributed by atoms with Gasteiger partial charge in [0.25, 0.3) is 0 Å². The molecule has 162 valence electrons. The SMILES string of the molecule is COc1ccc(-c2cn(-c3ccc(OC)cc3)c(SCC(=O)Nc3ccccc3)n2)cc1. The largest absolute Gasteiger partial charge is 0.497 e. The number of rotatable bonds is 8. The van der Waals surface area contributed by atoms with Gasteiger partial charge in [-0.1, -0.05) is 30.0 Å². The maximum absolute atomic E-state index is 12.5. The molecule has 1 aromatic heterocycles. The van der Waals surface area contributed by atoms with E-state index >= 15 is 0 Å². The monoisotopic (exact) mass is 445 g/mol. The Labute approximate surface area is 191 Å². The Morgan fingerprint density at radius 2 is 1.53 bits per heavy atom. The van der Waals surface area contributed by atoms with E-state index in [0.29, 0.717) is 0 Å². The van der Waals surface area contributed by atoms with Crippen LogP contribution in [-0.2, 0) is 4.79 Å². The van der Waals surface area contributed by atoms with Crippen molar-refractivity contribution in [2.45, 2.75) is 5.16 Å². The Bertz CT molecular complexity index is 1170. The number of carbonyl (C=O) groups excluding carboxylic acids is 1. The summed E-state index contributed by atoms with van der Waals surface area (Å²) in [6.07, 6.45) is 1.97. The predicted octanol–water partition coefficient (Wildman–Crippen LogP) is 5.29. The highest BCUT2D eigenvalue weighted by atomic mass is 32.2. The molecular formula is C25H23N3O3S. The second kappa shape index (κ2) is 10.1. The normalized spacial score (nSPS) is 10.6. The number of ether oxygens (including phenoxy) is 2. The van der Waals surface area contributed by atoms with Crippen molar-refractivity contribution in [3.05, 3.63) is 85.1 Å². The van der Waals surface area contributed by atoms with Gasteiger partial charge in [-0.05, 0) is 60.7 Å². The first-order valence-corrected chi connectivity index (χ1v) is 11.0. The summed E-state index contributed by atoms with van der Waals surface area (Å²) in [4.78, 5) is 17.3. The maximum atomic E-state index is 12.5. The molecule has 0 aliphatic heterocycles. The summed E-state index contributed by atoms with van der Waals surface area (Å²) in [7, 11) is 3.28. The fourth-order valence-electron chi connectivity index (χ4n) is 3.14. The maximum Gasteiger partial charge on any atom is 0.234 e. The molecule has 0 unspecified atom stereocenters. The van der Waals surface area contributed by atoms with Crippen LogP contribution in [0.15, 0.2) is 90.2 Å². The third kappa shape index (κ3) is 5.12. The quantitative estimate of drug-likeness (QED) is 0.374. The first-order valence-electron chi connectivity index (χ1n) is 10.0. The molecule has 0 saturated carbocycles. The van der Waals surface area contributed by atoms with Crippen molar-refractivity contribution < 1.29 is 14.3 Å². The number of aromatic nitrogens is 2. The van der Waals surface area contributed by atoms with E-state index in [9.17, 15) is 4.79 Å². The Balaban J connectivity index is 1.59. The number of hydrogen-bond donors (Lipinski definition) is 1. The molecule has 0 aliphatic carbocycles. The molecule has 0 aliphatic rings. The molecule has 1 heterocycles. The average molecular weight is 446 g/mol. The van der Waals surface area contributed by atoms with Gasteiger partial charge in [0.2, 0.25) is 5.91 Å². The zero-order valence-electron chi connectivity index (χ0n) is 17.8. The number of thioether (sulfide) groups is 1. The van der Waals surface area contributed by atoms with Crippen molar-refractivity contribution in [2.75, 3.05) is 25.3 Å². The number of carbonyl (C=O) groups is 1. The predicted molar refractivity (Wildman–Crippen MR) is 128 cm³/mol. The number of anilines is 1. The van der Waals surface area contributed by atoms with Crippen LogP contribution in [-0.4, -0.2) is 35.4 Å². The molecule has 0 bridgehead atoms. The van der Waals surface area contributed by atoms with E-state index in [2.05, 4.69) is 5.32 Å². The van der Waals surface area contributed by atoms with Gasteiger partial charge < -0.3 is 14.8 Å². The Morgan fingerprint density at radius 3 is 2.16 bits per heavy atom. The molecule has 0 radical (unpaired) electrons. The summed E-state index contributed by atoms with van der Waals surface area (Å²) in [6, 6.07) is 24.9. The number of amides is 1. The second-order valence-electron chi connectivity index (χ2n) is 6.91. The van der Waals surface area contributed by atoms with Crippen molar-refractivity contribution in [3.63, 3.8) is 0 Å². The van der Waals surface area contributed by atoms with Gasteiger partial charge in [-0.25, -0.2) is 4.98 Å². The zero-order chi connectivity index (χ0) is 22.3. The van der Waals surface area contributed by atoms with E-state index < -0.39 is 0 Å². The van der Waals surface area contributed by atoms with E-state index in [1.54, 1.807) is 14.2 Å². The number of imidazole rings is 1. The molecule has 4 rings (SSSR count). The van der Waals surface area contributed by atoms with Crippen molar-refractivity contribution in [2.24, 2.45) is 0 Å². The lowest BCUT2D eigenvalue weighted by molar-refractivity contribution is -0.113. The summed E-state index contributed by atoms with van der Waals surface area (Å²) in [5.41, 5.74) is 3.49. The summed E-state index contributed by atoms with van der Waals surface area (Å²) in [6.45, 7) is 0. The smallest absolute Gasteiger partial charge is 0.234 e. The fourth-order valence-corrected chi connectivity index (χ4v) is 3.93. The van der Waals surface area contributed by atoms with E-state index in [1.807, 2.05) is 89.6 Å². The van der Waals surface area contributed by atoms with Crippen molar-refractivity contribution in [3.8, 4) is 28.4 Å². The Hall–Kier alpha value is -3.71. The molecule has 0 saturated heterocycles. The van der Waals surface area contributed by atoms with Gasteiger partial charge in [0.1, 0.15) is 11.5 Å². The van der Waals surface area contributed by atoms with E-state index in [0.717, 1.165) is 39.3 Å². The molecule has 1 amide bonds.